The molecule has 0 aliphatic heterocycles. The lowest BCUT2D eigenvalue weighted by Crippen LogP contribution is -2.21. The van der Waals surface area contributed by atoms with E-state index in [9.17, 15) is 0 Å². The van der Waals surface area contributed by atoms with Crippen molar-refractivity contribution in [3.05, 3.63) is 52.4 Å². The number of halogens is 1. The molecule has 0 fully saturated rings. The maximum Gasteiger partial charge on any atom is 0.128 e. The Morgan fingerprint density at radius 2 is 2.11 bits per heavy atom. The Labute approximate surface area is 116 Å². The molecule has 94 valence electrons. The summed E-state index contributed by atoms with van der Waals surface area (Å²) in [5.41, 5.74) is 2.31. The van der Waals surface area contributed by atoms with Gasteiger partial charge in [0.15, 0.2) is 0 Å². The van der Waals surface area contributed by atoms with Crippen LogP contribution in [0.4, 0.5) is 5.82 Å². The van der Waals surface area contributed by atoms with Gasteiger partial charge in [0.2, 0.25) is 0 Å². The normalized spacial score (nSPS) is 10.4. The van der Waals surface area contributed by atoms with Crippen LogP contribution >= 0.6 is 15.9 Å². The van der Waals surface area contributed by atoms with Gasteiger partial charge in [-0.25, -0.2) is 4.98 Å². The largest absolute Gasteiger partial charge is 0.359 e. The van der Waals surface area contributed by atoms with E-state index in [1.54, 1.807) is 0 Å². The number of likely N-dealkylation sites (N-methyl/N-ethyl adjacent to an activating group) is 1. The maximum atomic E-state index is 4.41. The molecule has 0 atom stereocenters. The third-order valence-corrected chi connectivity index (χ3v) is 3.68. The molecule has 0 aliphatic rings. The molecule has 2 aromatic heterocycles. The van der Waals surface area contributed by atoms with Crippen LogP contribution in [-0.4, -0.2) is 23.6 Å². The van der Waals surface area contributed by atoms with Crippen LogP contribution in [-0.2, 0) is 6.42 Å². The van der Waals surface area contributed by atoms with Crippen LogP contribution in [0, 0.1) is 6.92 Å². The zero-order valence-corrected chi connectivity index (χ0v) is 12.2. The molecule has 0 aromatic carbocycles. The zero-order chi connectivity index (χ0) is 13.0. The summed E-state index contributed by atoms with van der Waals surface area (Å²) in [7, 11) is 2.05. The van der Waals surface area contributed by atoms with Gasteiger partial charge in [0.1, 0.15) is 5.82 Å². The molecule has 4 heteroatoms. The first-order valence-corrected chi connectivity index (χ1v) is 6.69. The van der Waals surface area contributed by atoms with E-state index in [2.05, 4.69) is 50.8 Å². The van der Waals surface area contributed by atoms with Crippen molar-refractivity contribution in [3.8, 4) is 0 Å². The van der Waals surface area contributed by atoms with Crippen molar-refractivity contribution in [3.63, 3.8) is 0 Å². The van der Waals surface area contributed by atoms with Crippen molar-refractivity contribution in [2.45, 2.75) is 13.3 Å². The zero-order valence-electron chi connectivity index (χ0n) is 10.6. The number of aryl methyl sites for hydroxylation is 1. The number of hydrogen-bond acceptors (Lipinski definition) is 3. The van der Waals surface area contributed by atoms with Gasteiger partial charge in [-0.05, 0) is 46.6 Å². The minimum atomic E-state index is 0.908. The van der Waals surface area contributed by atoms with Crippen molar-refractivity contribution in [1.29, 1.82) is 0 Å². The van der Waals surface area contributed by atoms with Crippen molar-refractivity contribution >= 4 is 21.7 Å². The quantitative estimate of drug-likeness (QED) is 0.868. The van der Waals surface area contributed by atoms with Crippen molar-refractivity contribution in [2.75, 3.05) is 18.5 Å². The van der Waals surface area contributed by atoms with E-state index in [0.29, 0.717) is 0 Å². The molecule has 0 bridgehead atoms. The van der Waals surface area contributed by atoms with Gasteiger partial charge in [0.05, 0.1) is 0 Å². The monoisotopic (exact) mass is 305 g/mol. The second-order valence-corrected chi connectivity index (χ2v) is 5.14. The third kappa shape index (κ3) is 3.29. The Morgan fingerprint density at radius 3 is 2.78 bits per heavy atom. The van der Waals surface area contributed by atoms with Gasteiger partial charge < -0.3 is 4.90 Å². The summed E-state index contributed by atoms with van der Waals surface area (Å²) in [6, 6.07) is 8.09. The molecular weight excluding hydrogens is 290 g/mol. The lowest BCUT2D eigenvalue weighted by atomic mass is 10.2. The van der Waals surface area contributed by atoms with Crippen molar-refractivity contribution < 1.29 is 0 Å². The standard InChI is InChI=1S/C14H16BrN3/c1-11-9-14(17-10-13(11)15)18(2)8-6-12-5-3-4-7-16-12/h3-5,7,9-10H,6,8H2,1-2H3. The van der Waals surface area contributed by atoms with Gasteiger partial charge in [0.25, 0.3) is 0 Å². The molecule has 3 nitrogen and oxygen atoms in total. The van der Waals surface area contributed by atoms with Crippen LogP contribution < -0.4 is 4.90 Å². The molecular formula is C14H16BrN3. The molecule has 0 spiro atoms. The first-order chi connectivity index (χ1) is 8.66. The fourth-order valence-electron chi connectivity index (χ4n) is 1.68. The molecule has 2 heterocycles. The van der Waals surface area contributed by atoms with E-state index in [4.69, 9.17) is 0 Å². The van der Waals surface area contributed by atoms with Crippen LogP contribution in [0.5, 0.6) is 0 Å². The summed E-state index contributed by atoms with van der Waals surface area (Å²) in [5.74, 6) is 0.992. The topological polar surface area (TPSA) is 29.0 Å². The molecule has 0 amide bonds. The second-order valence-electron chi connectivity index (χ2n) is 4.28. The summed E-state index contributed by atoms with van der Waals surface area (Å²) in [5, 5.41) is 0. The number of nitrogens with zero attached hydrogens (tertiary/aromatic N) is 3. The molecule has 18 heavy (non-hydrogen) atoms. The van der Waals surface area contributed by atoms with Gasteiger partial charge in [-0.3, -0.25) is 4.98 Å². The van der Waals surface area contributed by atoms with Crippen LogP contribution in [0.25, 0.3) is 0 Å². The fraction of sp³-hybridized carbons (Fsp3) is 0.286. The molecule has 0 saturated carbocycles. The van der Waals surface area contributed by atoms with Gasteiger partial charge in [-0.15, -0.1) is 0 Å². The average Bonchev–Trinajstić information content (AvgIpc) is 2.40. The molecule has 0 radical (unpaired) electrons. The molecule has 0 unspecified atom stereocenters. The number of aromatic nitrogens is 2. The van der Waals surface area contributed by atoms with Gasteiger partial charge in [-0.2, -0.15) is 0 Å². The first-order valence-electron chi connectivity index (χ1n) is 5.90. The Morgan fingerprint density at radius 1 is 1.28 bits per heavy atom. The van der Waals surface area contributed by atoms with E-state index in [1.807, 2.05) is 30.6 Å². The minimum absolute atomic E-state index is 0.908. The van der Waals surface area contributed by atoms with Crippen LogP contribution in [0.2, 0.25) is 0 Å². The number of anilines is 1. The SMILES string of the molecule is Cc1cc(N(C)CCc2ccccn2)ncc1Br. The van der Waals surface area contributed by atoms with Crippen molar-refractivity contribution in [2.24, 2.45) is 0 Å². The second kappa shape index (κ2) is 5.96. The van der Waals surface area contributed by atoms with E-state index < -0.39 is 0 Å². The third-order valence-electron chi connectivity index (χ3n) is 2.85. The highest BCUT2D eigenvalue weighted by Gasteiger charge is 2.05. The molecule has 2 aromatic rings. The van der Waals surface area contributed by atoms with Crippen molar-refractivity contribution in [1.82, 2.24) is 9.97 Å². The Kier molecular flexibility index (Phi) is 4.31. The number of hydrogen-bond donors (Lipinski definition) is 0. The van der Waals surface area contributed by atoms with Crippen LogP contribution in [0.15, 0.2) is 41.1 Å². The Balaban J connectivity index is 1.99. The summed E-state index contributed by atoms with van der Waals surface area (Å²) < 4.78 is 1.05. The first kappa shape index (κ1) is 13.0. The Hall–Kier alpha value is -1.42. The van der Waals surface area contributed by atoms with E-state index in [0.717, 1.165) is 29.0 Å². The maximum absolute atomic E-state index is 4.41. The molecule has 0 aliphatic carbocycles. The van der Waals surface area contributed by atoms with Crippen LogP contribution in [0.1, 0.15) is 11.3 Å². The molecule has 0 N–H and O–H groups in total. The highest BCUT2D eigenvalue weighted by molar-refractivity contribution is 9.10. The summed E-state index contributed by atoms with van der Waals surface area (Å²) in [4.78, 5) is 10.9. The van der Waals surface area contributed by atoms with Gasteiger partial charge in [0, 0.05) is 42.6 Å². The molecule has 0 saturated heterocycles. The van der Waals surface area contributed by atoms with E-state index in [1.165, 1.54) is 5.56 Å². The highest BCUT2D eigenvalue weighted by atomic mass is 79.9. The number of pyridine rings is 2. The highest BCUT2D eigenvalue weighted by Crippen LogP contribution is 2.19. The smallest absolute Gasteiger partial charge is 0.128 e. The van der Waals surface area contributed by atoms with E-state index >= 15 is 0 Å². The van der Waals surface area contributed by atoms with Crippen LogP contribution in [0.3, 0.4) is 0 Å². The fourth-order valence-corrected chi connectivity index (χ4v) is 1.89. The minimum Gasteiger partial charge on any atom is -0.359 e. The van der Waals surface area contributed by atoms with Gasteiger partial charge in [-0.1, -0.05) is 6.07 Å². The molecule has 2 rings (SSSR count). The predicted octanol–water partition coefficient (Wildman–Crippen LogP) is 3.23. The lowest BCUT2D eigenvalue weighted by molar-refractivity contribution is 0.838. The lowest BCUT2D eigenvalue weighted by Gasteiger charge is -2.18. The summed E-state index contributed by atoms with van der Waals surface area (Å²) in [6.07, 6.45) is 4.60. The predicted molar refractivity (Wildman–Crippen MR) is 77.9 cm³/mol. The summed E-state index contributed by atoms with van der Waals surface area (Å²) in [6.45, 7) is 2.98. The average molecular weight is 306 g/mol. The van der Waals surface area contributed by atoms with E-state index in [-0.39, 0.29) is 0 Å². The van der Waals surface area contributed by atoms with Gasteiger partial charge >= 0.3 is 0 Å². The Bertz CT molecular complexity index is 514. The summed E-state index contributed by atoms with van der Waals surface area (Å²) >= 11 is 3.46. The number of rotatable bonds is 4.